The molecule has 25 heteroatoms. The zero-order valence-corrected chi connectivity index (χ0v) is 56.0. The van der Waals surface area contributed by atoms with Crippen LogP contribution in [0.3, 0.4) is 0 Å². The molecule has 3 atom stereocenters. The third kappa shape index (κ3) is 13.9. The van der Waals surface area contributed by atoms with Gasteiger partial charge in [0.2, 0.25) is 5.82 Å². The monoisotopic (exact) mass is 1420 g/mol. The number of fused-ring (bicyclic) bond motifs is 3. The van der Waals surface area contributed by atoms with Crippen molar-refractivity contribution in [3.63, 3.8) is 0 Å². The van der Waals surface area contributed by atoms with E-state index in [1.54, 1.807) is 58.3 Å². The lowest BCUT2D eigenvalue weighted by atomic mass is 10.1. The van der Waals surface area contributed by atoms with Gasteiger partial charge in [0.05, 0.1) is 18.1 Å². The number of hydrogen-bond acceptors (Lipinski definition) is 16. The number of carbonyl (C=O) groups excluding carboxylic acids is 3. The molecule has 19 nitrogen and oxygen atoms in total. The van der Waals surface area contributed by atoms with Gasteiger partial charge in [0, 0.05) is 70.6 Å². The van der Waals surface area contributed by atoms with Gasteiger partial charge < -0.3 is 33.7 Å². The summed E-state index contributed by atoms with van der Waals surface area (Å²) in [4.78, 5) is 61.1. The topological polar surface area (TPSA) is 205 Å². The van der Waals surface area contributed by atoms with Gasteiger partial charge in [-0.2, -0.15) is 0 Å². The maximum Gasteiger partial charge on any atom is 0.270 e. The molecule has 0 radical (unpaired) electrons. The van der Waals surface area contributed by atoms with Gasteiger partial charge >= 0.3 is 0 Å². The average molecular weight is 1420 g/mol. The second kappa shape index (κ2) is 28.6. The first-order chi connectivity index (χ1) is 44.8. The van der Waals surface area contributed by atoms with E-state index in [-0.39, 0.29) is 29.9 Å². The highest BCUT2D eigenvalue weighted by atomic mass is 79.9. The van der Waals surface area contributed by atoms with Gasteiger partial charge in [0.25, 0.3) is 22.9 Å². The Labute approximate surface area is 563 Å². The van der Waals surface area contributed by atoms with Crippen LogP contribution in [0, 0.1) is 6.57 Å². The molecule has 3 unspecified atom stereocenters. The minimum Gasteiger partial charge on any atom is -0.361 e. The number of halogens is 3. The van der Waals surface area contributed by atoms with Crippen LogP contribution in [0.2, 0.25) is 0 Å². The van der Waals surface area contributed by atoms with Crippen LogP contribution in [0.25, 0.3) is 70.7 Å². The fourth-order valence-corrected chi connectivity index (χ4v) is 13.9. The van der Waals surface area contributed by atoms with Gasteiger partial charge in [-0.3, -0.25) is 14.4 Å². The largest absolute Gasteiger partial charge is 0.361 e. The molecule has 0 fully saturated rings. The maximum absolute atomic E-state index is 13.2. The molecule has 0 saturated carbocycles. The quantitative estimate of drug-likeness (QED) is 0.0812. The van der Waals surface area contributed by atoms with E-state index in [0.717, 1.165) is 79.5 Å². The lowest BCUT2D eigenvalue weighted by Gasteiger charge is -2.33. The molecule has 460 valence electrons. The van der Waals surface area contributed by atoms with Gasteiger partial charge in [-0.25, -0.2) is 9.97 Å². The van der Waals surface area contributed by atoms with E-state index in [4.69, 9.17) is 18.2 Å². The number of thiophene rings is 3. The molecule has 15 rings (SSSR count). The normalized spacial score (nSPS) is 15.4. The number of amides is 2. The van der Waals surface area contributed by atoms with Crippen LogP contribution in [0.15, 0.2) is 189 Å². The van der Waals surface area contributed by atoms with Crippen molar-refractivity contribution in [1.29, 1.82) is 0 Å². The first-order valence-electron chi connectivity index (χ1n) is 29.2. The second-order valence-corrected chi connectivity index (χ2v) is 26.1. The van der Waals surface area contributed by atoms with Crippen LogP contribution >= 0.6 is 77.5 Å². The minimum absolute atomic E-state index is 0.0108. The van der Waals surface area contributed by atoms with E-state index in [1.165, 1.54) is 14.6 Å². The molecule has 12 aromatic rings. The zero-order chi connectivity index (χ0) is 63.8. The van der Waals surface area contributed by atoms with Crippen LogP contribution in [0.1, 0.15) is 87.4 Å². The van der Waals surface area contributed by atoms with E-state index in [2.05, 4.69) is 121 Å². The van der Waals surface area contributed by atoms with Crippen LogP contribution in [0.5, 0.6) is 0 Å². The van der Waals surface area contributed by atoms with Crippen molar-refractivity contribution in [3.05, 3.63) is 235 Å². The smallest absolute Gasteiger partial charge is 0.270 e. The summed E-state index contributed by atoms with van der Waals surface area (Å²) < 4.78 is 7.75. The SMILES string of the molecule is CC1NCCn2c(-c3cccc(Br)n3)nnc21.CC1c2nnc(-c3cccc(Br)n3)n2CCN1C(=O)c1ccc(-c2cccs2)cc1.O=C(Cl)c1ccc(-c2cccs2)cc1.[C-]#[N+]c1cccc(-c2nnc3n2CCN(C(=O)c2ccc(-c4cccs4)cc2)C3C)n1. The molecular formula is C67H55Br2ClN16O3S3. The number of nitrogens with one attached hydrogen (secondary N) is 1. The molecule has 3 aliphatic rings. The lowest BCUT2D eigenvalue weighted by molar-refractivity contribution is 0.0631. The Balaban J connectivity index is 0.000000124. The fraction of sp³-hybridized carbons (Fsp3) is 0.179. The molecule has 0 bridgehead atoms. The molecule has 3 aliphatic heterocycles. The van der Waals surface area contributed by atoms with Crippen molar-refractivity contribution in [2.45, 2.75) is 58.5 Å². The molecule has 0 spiro atoms. The summed E-state index contributed by atoms with van der Waals surface area (Å²) in [5, 5.41) is 35.0. The molecular weight excluding hydrogens is 1370 g/mol. The number of nitrogens with zero attached hydrogens (tertiary/aromatic N) is 15. The molecule has 1 N–H and O–H groups in total. The maximum atomic E-state index is 13.2. The molecule has 12 heterocycles. The standard InChI is InChI=1S/C23H18N6OS.C22H18BrN5OS.C11H12BrN5.C11H7ClOS/c1-15-21-26-27-22(18-5-3-7-20(24-2)25-18)29(21)13-12-28(15)23(30)17-10-8-16(9-11-17)19-6-4-14-31-19;1-14-20-25-26-21(17-4-2-6-19(23)24-17)28(20)12-11-27(14)22(29)16-9-7-15(8-10-16)18-5-3-13-30-18;1-7-10-15-16-11(17(10)6-5-13-7)8-3-2-4-9(12)14-8;12-11(13)9-5-3-8(4-6-9)10-2-1-7-14-10/h3-11,14-15H,12-13H2,1H3;2-10,13-14H,11-12H2,1H3;2-4,7,13H,5-6H2,1H3;1-7H. The highest BCUT2D eigenvalue weighted by Crippen LogP contribution is 2.34. The van der Waals surface area contributed by atoms with Crippen molar-refractivity contribution < 1.29 is 14.4 Å². The molecule has 9 aromatic heterocycles. The van der Waals surface area contributed by atoms with E-state index in [9.17, 15) is 14.4 Å². The summed E-state index contributed by atoms with van der Waals surface area (Å²) in [7, 11) is 0. The Kier molecular flexibility index (Phi) is 19.6. The van der Waals surface area contributed by atoms with Crippen LogP contribution in [0.4, 0.5) is 5.82 Å². The Bertz CT molecular complexity index is 4590. The highest BCUT2D eigenvalue weighted by molar-refractivity contribution is 9.10. The summed E-state index contributed by atoms with van der Waals surface area (Å²) in [5.74, 6) is 4.99. The van der Waals surface area contributed by atoms with E-state index in [1.807, 2.05) is 166 Å². The number of carbonyl (C=O) groups is 3. The van der Waals surface area contributed by atoms with Crippen molar-refractivity contribution in [2.24, 2.45) is 0 Å². The average Bonchev–Trinajstić information content (AvgIpc) is 1.59. The molecule has 3 aromatic carbocycles. The van der Waals surface area contributed by atoms with Gasteiger partial charge in [0.15, 0.2) is 29.0 Å². The zero-order valence-electron chi connectivity index (χ0n) is 49.6. The van der Waals surface area contributed by atoms with Crippen LogP contribution in [-0.4, -0.2) is 106 Å². The second-order valence-electron chi connectivity index (χ2n) is 21.2. The Hall–Kier alpha value is -9.06. The summed E-state index contributed by atoms with van der Waals surface area (Å²) in [5.41, 5.74) is 7.45. The summed E-state index contributed by atoms with van der Waals surface area (Å²) >= 11 is 17.2. The van der Waals surface area contributed by atoms with Gasteiger partial charge in [-0.05, 0) is 188 Å². The van der Waals surface area contributed by atoms with Gasteiger partial charge in [-0.15, -0.1) is 69.6 Å². The summed E-state index contributed by atoms with van der Waals surface area (Å²) in [6, 6.07) is 51.8. The molecule has 92 heavy (non-hydrogen) atoms. The Morgan fingerprint density at radius 2 is 0.870 bits per heavy atom. The van der Waals surface area contributed by atoms with Crippen molar-refractivity contribution >= 4 is 100 Å². The summed E-state index contributed by atoms with van der Waals surface area (Å²) in [6.07, 6.45) is 0. The minimum atomic E-state index is -0.414. The fourth-order valence-electron chi connectivity index (χ4n) is 10.9. The summed E-state index contributed by atoms with van der Waals surface area (Å²) in [6.45, 7) is 17.4. The van der Waals surface area contributed by atoms with Crippen molar-refractivity contribution in [3.8, 4) is 65.9 Å². The predicted molar refractivity (Wildman–Crippen MR) is 366 cm³/mol. The van der Waals surface area contributed by atoms with E-state index in [0.29, 0.717) is 60.2 Å². The number of hydrogen-bond donors (Lipinski definition) is 1. The van der Waals surface area contributed by atoms with E-state index < -0.39 is 5.24 Å². The first-order valence-corrected chi connectivity index (χ1v) is 33.8. The third-order valence-corrected chi connectivity index (χ3v) is 19.5. The van der Waals surface area contributed by atoms with E-state index >= 15 is 0 Å². The van der Waals surface area contributed by atoms with Gasteiger partial charge in [-0.1, -0.05) is 79.4 Å². The van der Waals surface area contributed by atoms with Crippen LogP contribution < -0.4 is 5.32 Å². The lowest BCUT2D eigenvalue weighted by Crippen LogP contribution is -2.41. The highest BCUT2D eigenvalue weighted by Gasteiger charge is 2.35. The predicted octanol–water partition coefficient (Wildman–Crippen LogP) is 15.4. The molecule has 2 amide bonds. The molecule has 0 saturated heterocycles. The Morgan fingerprint density at radius 1 is 0.478 bits per heavy atom. The first kappa shape index (κ1) is 63.1. The number of pyridine rings is 3. The third-order valence-electron chi connectivity index (χ3n) is 15.6. The van der Waals surface area contributed by atoms with Crippen LogP contribution in [-0.2, 0) is 19.6 Å². The Morgan fingerprint density at radius 3 is 1.26 bits per heavy atom. The number of aromatic nitrogens is 12. The molecule has 0 aliphatic carbocycles. The van der Waals surface area contributed by atoms with Gasteiger partial charge in [0.1, 0.15) is 26.4 Å². The van der Waals surface area contributed by atoms with Crippen molar-refractivity contribution in [2.75, 3.05) is 19.6 Å². The number of rotatable bonds is 9. The van der Waals surface area contributed by atoms with Crippen molar-refractivity contribution in [1.82, 2.24) is 74.4 Å². The number of benzene rings is 3.